The first kappa shape index (κ1) is 10.0. The van der Waals surface area contributed by atoms with Gasteiger partial charge in [-0.25, -0.2) is 0 Å². The Morgan fingerprint density at radius 1 is 1.47 bits per heavy atom. The lowest BCUT2D eigenvalue weighted by Crippen LogP contribution is -2.14. The summed E-state index contributed by atoms with van der Waals surface area (Å²) < 4.78 is 11.3. The maximum Gasteiger partial charge on any atom is 0.287 e. The number of benzene rings is 1. The third kappa shape index (κ3) is 2.12. The van der Waals surface area contributed by atoms with Gasteiger partial charge in [0.05, 0.1) is 0 Å². The fourth-order valence-electron chi connectivity index (χ4n) is 1.21. The number of carbonyl (C=O) groups is 1. The standard InChI is InChI=1S/C10H8BrNO3/c11-7-3-1-2-6(4-7)10-14-5-8(15-10)9(12)13/h1-5,10H,(H2,12,13). The Morgan fingerprint density at radius 3 is 2.87 bits per heavy atom. The Balaban J connectivity index is 2.13. The van der Waals surface area contributed by atoms with Gasteiger partial charge in [-0.3, -0.25) is 4.79 Å². The first-order valence-corrected chi connectivity index (χ1v) is 5.03. The van der Waals surface area contributed by atoms with Crippen LogP contribution in [-0.2, 0) is 14.3 Å². The molecule has 5 heteroatoms. The van der Waals surface area contributed by atoms with Crippen molar-refractivity contribution >= 4 is 21.8 Å². The van der Waals surface area contributed by atoms with Gasteiger partial charge in [0.15, 0.2) is 0 Å². The smallest absolute Gasteiger partial charge is 0.287 e. The average molecular weight is 270 g/mol. The Kier molecular flexibility index (Phi) is 2.64. The highest BCUT2D eigenvalue weighted by molar-refractivity contribution is 9.10. The number of hydrogen-bond acceptors (Lipinski definition) is 3. The van der Waals surface area contributed by atoms with E-state index in [0.29, 0.717) is 0 Å². The van der Waals surface area contributed by atoms with Crippen LogP contribution in [0, 0.1) is 0 Å². The zero-order valence-electron chi connectivity index (χ0n) is 7.64. The number of primary amides is 1. The minimum atomic E-state index is -0.632. The van der Waals surface area contributed by atoms with Gasteiger partial charge >= 0.3 is 0 Å². The van der Waals surface area contributed by atoms with Crippen LogP contribution in [0.25, 0.3) is 0 Å². The van der Waals surface area contributed by atoms with Crippen LogP contribution < -0.4 is 5.73 Å². The minimum absolute atomic E-state index is 0.0416. The lowest BCUT2D eigenvalue weighted by Gasteiger charge is -2.11. The molecule has 2 N–H and O–H groups in total. The molecular weight excluding hydrogens is 262 g/mol. The van der Waals surface area contributed by atoms with E-state index in [-0.39, 0.29) is 5.76 Å². The first-order chi connectivity index (χ1) is 7.16. The summed E-state index contributed by atoms with van der Waals surface area (Å²) in [6.45, 7) is 0. The molecule has 2 rings (SSSR count). The average Bonchev–Trinajstić information content (AvgIpc) is 2.66. The second-order valence-corrected chi connectivity index (χ2v) is 3.90. The normalized spacial score (nSPS) is 19.0. The van der Waals surface area contributed by atoms with Crippen molar-refractivity contribution in [3.05, 3.63) is 46.3 Å². The fraction of sp³-hybridized carbons (Fsp3) is 0.100. The number of amides is 1. The molecular formula is C10H8BrNO3. The van der Waals surface area contributed by atoms with Crippen LogP contribution in [-0.4, -0.2) is 5.91 Å². The van der Waals surface area contributed by atoms with Gasteiger partial charge in [-0.2, -0.15) is 0 Å². The third-order valence-corrected chi connectivity index (χ3v) is 2.39. The quantitative estimate of drug-likeness (QED) is 0.891. The first-order valence-electron chi connectivity index (χ1n) is 4.24. The van der Waals surface area contributed by atoms with E-state index in [1.807, 2.05) is 24.3 Å². The summed E-state index contributed by atoms with van der Waals surface area (Å²) in [6.07, 6.45) is 0.637. The lowest BCUT2D eigenvalue weighted by atomic mass is 10.2. The van der Waals surface area contributed by atoms with Crippen molar-refractivity contribution in [2.24, 2.45) is 5.73 Å². The summed E-state index contributed by atoms with van der Waals surface area (Å²) in [6, 6.07) is 7.44. The largest absolute Gasteiger partial charge is 0.454 e. The molecule has 0 fully saturated rings. The molecule has 0 saturated carbocycles. The molecule has 1 atom stereocenters. The second-order valence-electron chi connectivity index (χ2n) is 2.99. The maximum absolute atomic E-state index is 10.8. The topological polar surface area (TPSA) is 61.6 Å². The van der Waals surface area contributed by atoms with E-state index in [4.69, 9.17) is 15.2 Å². The molecule has 0 radical (unpaired) electrons. The molecule has 1 amide bonds. The van der Waals surface area contributed by atoms with Crippen molar-refractivity contribution in [2.75, 3.05) is 0 Å². The van der Waals surface area contributed by atoms with Crippen LogP contribution in [0.4, 0.5) is 0 Å². The van der Waals surface area contributed by atoms with Crippen molar-refractivity contribution in [3.8, 4) is 0 Å². The maximum atomic E-state index is 10.8. The third-order valence-electron chi connectivity index (χ3n) is 1.90. The highest BCUT2D eigenvalue weighted by atomic mass is 79.9. The summed E-state index contributed by atoms with van der Waals surface area (Å²) in [5.74, 6) is -0.590. The number of nitrogens with two attached hydrogens (primary N) is 1. The molecule has 78 valence electrons. The van der Waals surface area contributed by atoms with Gasteiger partial charge in [0.25, 0.3) is 12.2 Å². The van der Waals surface area contributed by atoms with E-state index >= 15 is 0 Å². The molecule has 1 aromatic rings. The van der Waals surface area contributed by atoms with Crippen molar-refractivity contribution in [2.45, 2.75) is 6.29 Å². The Labute approximate surface area is 94.8 Å². The zero-order valence-corrected chi connectivity index (χ0v) is 9.23. The van der Waals surface area contributed by atoms with E-state index in [1.165, 1.54) is 6.26 Å². The van der Waals surface area contributed by atoms with Gasteiger partial charge in [0.2, 0.25) is 5.76 Å². The molecule has 15 heavy (non-hydrogen) atoms. The van der Waals surface area contributed by atoms with Crippen LogP contribution in [0.5, 0.6) is 0 Å². The Hall–Kier alpha value is -1.49. The molecule has 0 saturated heterocycles. The zero-order chi connectivity index (χ0) is 10.8. The number of halogens is 1. The number of hydrogen-bond donors (Lipinski definition) is 1. The Bertz CT molecular complexity index is 430. The number of rotatable bonds is 2. The van der Waals surface area contributed by atoms with Crippen LogP contribution in [0.3, 0.4) is 0 Å². The highest BCUT2D eigenvalue weighted by Gasteiger charge is 2.24. The van der Waals surface area contributed by atoms with Crippen molar-refractivity contribution in [1.82, 2.24) is 0 Å². The van der Waals surface area contributed by atoms with Crippen LogP contribution >= 0.6 is 15.9 Å². The van der Waals surface area contributed by atoms with E-state index in [1.54, 1.807) is 0 Å². The number of carbonyl (C=O) groups excluding carboxylic acids is 1. The Morgan fingerprint density at radius 2 is 2.27 bits per heavy atom. The molecule has 0 bridgehead atoms. The lowest BCUT2D eigenvalue weighted by molar-refractivity contribution is -0.120. The van der Waals surface area contributed by atoms with Gasteiger partial charge in [-0.05, 0) is 12.1 Å². The molecule has 1 aromatic carbocycles. The second kappa shape index (κ2) is 3.94. The van der Waals surface area contributed by atoms with Crippen molar-refractivity contribution in [3.63, 3.8) is 0 Å². The summed E-state index contributed by atoms with van der Waals surface area (Å²) in [7, 11) is 0. The predicted molar refractivity (Wildman–Crippen MR) is 56.3 cm³/mol. The molecule has 0 aliphatic carbocycles. The molecule has 0 spiro atoms. The van der Waals surface area contributed by atoms with Crippen LogP contribution in [0.15, 0.2) is 40.8 Å². The van der Waals surface area contributed by atoms with E-state index in [0.717, 1.165) is 10.0 Å². The molecule has 1 aliphatic heterocycles. The molecule has 0 aromatic heterocycles. The molecule has 1 aliphatic rings. The van der Waals surface area contributed by atoms with Gasteiger partial charge in [-0.15, -0.1) is 0 Å². The summed E-state index contributed by atoms with van der Waals surface area (Å²) >= 11 is 3.33. The van der Waals surface area contributed by atoms with Gasteiger partial charge < -0.3 is 15.2 Å². The summed E-state index contributed by atoms with van der Waals surface area (Å²) in [5, 5.41) is 0. The van der Waals surface area contributed by atoms with Crippen molar-refractivity contribution < 1.29 is 14.3 Å². The van der Waals surface area contributed by atoms with E-state index in [2.05, 4.69) is 15.9 Å². The van der Waals surface area contributed by atoms with E-state index in [9.17, 15) is 4.79 Å². The molecule has 4 nitrogen and oxygen atoms in total. The van der Waals surface area contributed by atoms with Crippen LogP contribution in [0.2, 0.25) is 0 Å². The monoisotopic (exact) mass is 269 g/mol. The summed E-state index contributed by atoms with van der Waals surface area (Å²) in [5.41, 5.74) is 5.86. The summed E-state index contributed by atoms with van der Waals surface area (Å²) in [4.78, 5) is 10.8. The van der Waals surface area contributed by atoms with E-state index < -0.39 is 12.2 Å². The van der Waals surface area contributed by atoms with Gasteiger partial charge in [0.1, 0.15) is 6.26 Å². The predicted octanol–water partition coefficient (Wildman–Crippen LogP) is 1.82. The van der Waals surface area contributed by atoms with Crippen LogP contribution in [0.1, 0.15) is 11.9 Å². The molecule has 1 unspecified atom stereocenters. The molecule has 1 heterocycles. The highest BCUT2D eigenvalue weighted by Crippen LogP contribution is 2.29. The fourth-order valence-corrected chi connectivity index (χ4v) is 1.63. The minimum Gasteiger partial charge on any atom is -0.454 e. The van der Waals surface area contributed by atoms with Gasteiger partial charge in [0, 0.05) is 10.0 Å². The van der Waals surface area contributed by atoms with Crippen molar-refractivity contribution in [1.29, 1.82) is 0 Å². The SMILES string of the molecule is NC(=O)C1=COC(c2cccc(Br)c2)O1. The number of ether oxygens (including phenoxy) is 2. The van der Waals surface area contributed by atoms with Gasteiger partial charge in [-0.1, -0.05) is 28.1 Å².